The minimum Gasteiger partial charge on any atom is -0.325 e. The van der Waals surface area contributed by atoms with Crippen molar-refractivity contribution in [3.63, 3.8) is 0 Å². The molecule has 0 aromatic rings. The van der Waals surface area contributed by atoms with Crippen molar-refractivity contribution in [2.45, 2.75) is 70.6 Å². The zero-order valence-corrected chi connectivity index (χ0v) is 12.4. The molecule has 0 unspecified atom stereocenters. The van der Waals surface area contributed by atoms with Crippen LogP contribution in [0, 0.1) is 5.41 Å². The molecule has 4 heteroatoms. The maximum Gasteiger partial charge on any atom is 0.152 e. The van der Waals surface area contributed by atoms with Crippen molar-refractivity contribution in [2.24, 2.45) is 11.1 Å². The average molecular weight is 261 g/mol. The Balaban J connectivity index is 2.53. The van der Waals surface area contributed by atoms with Gasteiger partial charge in [0.2, 0.25) is 0 Å². The van der Waals surface area contributed by atoms with Crippen molar-refractivity contribution in [1.29, 1.82) is 0 Å². The van der Waals surface area contributed by atoms with Gasteiger partial charge in [0.1, 0.15) is 0 Å². The van der Waals surface area contributed by atoms with E-state index in [1.165, 1.54) is 0 Å². The minimum absolute atomic E-state index is 0.238. The van der Waals surface area contributed by atoms with Crippen LogP contribution in [0.3, 0.4) is 0 Å². The lowest BCUT2D eigenvalue weighted by molar-refractivity contribution is 0.162. The van der Waals surface area contributed by atoms with Crippen LogP contribution in [0.4, 0.5) is 0 Å². The van der Waals surface area contributed by atoms with Gasteiger partial charge in [0.25, 0.3) is 0 Å². The summed E-state index contributed by atoms with van der Waals surface area (Å²) in [4.78, 5) is 0. The summed E-state index contributed by atoms with van der Waals surface area (Å²) in [6.45, 7) is 8.00. The van der Waals surface area contributed by atoms with Crippen molar-refractivity contribution in [3.8, 4) is 0 Å². The van der Waals surface area contributed by atoms with E-state index in [1.54, 1.807) is 13.8 Å². The highest BCUT2D eigenvalue weighted by molar-refractivity contribution is 7.91. The zero-order chi connectivity index (χ0) is 13.3. The van der Waals surface area contributed by atoms with E-state index in [0.717, 1.165) is 25.7 Å². The molecular formula is C13H27NO2S. The highest BCUT2D eigenvalue weighted by Crippen LogP contribution is 2.40. The maximum atomic E-state index is 11.8. The first-order chi connectivity index (χ1) is 7.56. The Morgan fingerprint density at radius 3 is 2.00 bits per heavy atom. The molecule has 0 spiro atoms. The summed E-state index contributed by atoms with van der Waals surface area (Å²) in [5.41, 5.74) is 6.45. The molecule has 1 saturated carbocycles. The molecule has 0 bridgehead atoms. The third-order valence-electron chi connectivity index (χ3n) is 4.20. The zero-order valence-electron chi connectivity index (χ0n) is 11.6. The third kappa shape index (κ3) is 4.25. The molecule has 1 aliphatic rings. The van der Waals surface area contributed by atoms with Gasteiger partial charge in [0.05, 0.1) is 11.0 Å². The van der Waals surface area contributed by atoms with Crippen molar-refractivity contribution < 1.29 is 8.42 Å². The van der Waals surface area contributed by atoms with Gasteiger partial charge in [-0.15, -0.1) is 0 Å². The van der Waals surface area contributed by atoms with Crippen molar-refractivity contribution in [1.82, 2.24) is 0 Å². The Kier molecular flexibility index (Phi) is 4.30. The van der Waals surface area contributed by atoms with Crippen LogP contribution in [0.1, 0.15) is 59.8 Å². The molecule has 0 saturated heterocycles. The van der Waals surface area contributed by atoms with Gasteiger partial charge in [-0.1, -0.05) is 13.8 Å². The van der Waals surface area contributed by atoms with Crippen LogP contribution in [-0.4, -0.2) is 25.0 Å². The molecule has 2 N–H and O–H groups in total. The molecular weight excluding hydrogens is 234 g/mol. The first kappa shape index (κ1) is 15.0. The van der Waals surface area contributed by atoms with Crippen LogP contribution < -0.4 is 5.73 Å². The number of hydrogen-bond acceptors (Lipinski definition) is 3. The van der Waals surface area contributed by atoms with Crippen LogP contribution in [0.15, 0.2) is 0 Å². The van der Waals surface area contributed by atoms with E-state index in [1.807, 2.05) is 0 Å². The second kappa shape index (κ2) is 4.88. The standard InChI is InChI=1S/C13H27NO2S/c1-11(2)17(15,16)10-9-13(14)7-5-12(3,4)6-8-13/h11H,5-10,14H2,1-4H3. The second-order valence-electron chi connectivity index (χ2n) is 6.69. The third-order valence-corrected chi connectivity index (χ3v) is 6.41. The van der Waals surface area contributed by atoms with Gasteiger partial charge >= 0.3 is 0 Å². The van der Waals surface area contributed by atoms with E-state index < -0.39 is 9.84 Å². The summed E-state index contributed by atoms with van der Waals surface area (Å²) in [5.74, 6) is 0.238. The van der Waals surface area contributed by atoms with Gasteiger partial charge in [-0.2, -0.15) is 0 Å². The molecule has 0 aromatic carbocycles. The first-order valence-corrected chi connectivity index (χ1v) is 8.28. The van der Waals surface area contributed by atoms with E-state index in [2.05, 4.69) is 13.8 Å². The monoisotopic (exact) mass is 261 g/mol. The topological polar surface area (TPSA) is 60.2 Å². The van der Waals surface area contributed by atoms with Crippen molar-refractivity contribution in [2.75, 3.05) is 5.75 Å². The SMILES string of the molecule is CC(C)S(=O)(=O)CCC1(N)CCC(C)(C)CC1. The molecule has 17 heavy (non-hydrogen) atoms. The summed E-state index contributed by atoms with van der Waals surface area (Å²) in [6, 6.07) is 0. The van der Waals surface area contributed by atoms with Crippen LogP contribution >= 0.6 is 0 Å². The predicted octanol–water partition coefficient (Wildman–Crippen LogP) is 2.50. The quantitative estimate of drug-likeness (QED) is 0.846. The summed E-state index contributed by atoms with van der Waals surface area (Å²) >= 11 is 0. The van der Waals surface area contributed by atoms with Gasteiger partial charge in [-0.3, -0.25) is 0 Å². The first-order valence-electron chi connectivity index (χ1n) is 6.57. The van der Waals surface area contributed by atoms with E-state index in [-0.39, 0.29) is 16.5 Å². The predicted molar refractivity (Wildman–Crippen MR) is 72.7 cm³/mol. The number of nitrogens with two attached hydrogens (primary N) is 1. The fourth-order valence-corrected chi connectivity index (χ4v) is 3.42. The maximum absolute atomic E-state index is 11.8. The van der Waals surface area contributed by atoms with Gasteiger partial charge in [0.15, 0.2) is 9.84 Å². The lowest BCUT2D eigenvalue weighted by atomic mass is 9.69. The average Bonchev–Trinajstić information content (AvgIpc) is 2.21. The van der Waals surface area contributed by atoms with E-state index in [4.69, 9.17) is 5.73 Å². The highest BCUT2D eigenvalue weighted by Gasteiger charge is 2.36. The summed E-state index contributed by atoms with van der Waals surface area (Å²) in [6.07, 6.45) is 4.72. The van der Waals surface area contributed by atoms with Crippen LogP contribution in [-0.2, 0) is 9.84 Å². The lowest BCUT2D eigenvalue weighted by Gasteiger charge is -2.41. The van der Waals surface area contributed by atoms with E-state index in [9.17, 15) is 8.42 Å². The smallest absolute Gasteiger partial charge is 0.152 e. The molecule has 1 rings (SSSR count). The molecule has 0 atom stereocenters. The summed E-state index contributed by atoms with van der Waals surface area (Å²) < 4.78 is 23.6. The minimum atomic E-state index is -2.94. The Morgan fingerprint density at radius 2 is 1.59 bits per heavy atom. The summed E-state index contributed by atoms with van der Waals surface area (Å²) in [5, 5.41) is -0.286. The van der Waals surface area contributed by atoms with Crippen molar-refractivity contribution in [3.05, 3.63) is 0 Å². The molecule has 1 aliphatic carbocycles. The van der Waals surface area contributed by atoms with Gasteiger partial charge < -0.3 is 5.73 Å². The van der Waals surface area contributed by atoms with Crippen molar-refractivity contribution >= 4 is 9.84 Å². The number of hydrogen-bond donors (Lipinski definition) is 1. The van der Waals surface area contributed by atoms with Crippen LogP contribution in [0.5, 0.6) is 0 Å². The van der Waals surface area contributed by atoms with Crippen LogP contribution in [0.25, 0.3) is 0 Å². The molecule has 3 nitrogen and oxygen atoms in total. The summed E-state index contributed by atoms with van der Waals surface area (Å²) in [7, 11) is -2.94. The Morgan fingerprint density at radius 1 is 1.12 bits per heavy atom. The molecule has 0 aromatic heterocycles. The van der Waals surface area contributed by atoms with E-state index in [0.29, 0.717) is 11.8 Å². The number of sulfone groups is 1. The molecule has 0 heterocycles. The molecule has 102 valence electrons. The molecule has 0 aliphatic heterocycles. The Labute approximate surface area is 106 Å². The highest BCUT2D eigenvalue weighted by atomic mass is 32.2. The van der Waals surface area contributed by atoms with Gasteiger partial charge in [-0.05, 0) is 51.4 Å². The van der Waals surface area contributed by atoms with Gasteiger partial charge in [-0.25, -0.2) is 8.42 Å². The fraction of sp³-hybridized carbons (Fsp3) is 1.00. The lowest BCUT2D eigenvalue weighted by Crippen LogP contribution is -2.46. The number of rotatable bonds is 4. The molecule has 0 amide bonds. The van der Waals surface area contributed by atoms with Gasteiger partial charge in [0, 0.05) is 5.54 Å². The van der Waals surface area contributed by atoms with Crippen LogP contribution in [0.2, 0.25) is 0 Å². The molecule has 1 fully saturated rings. The molecule has 0 radical (unpaired) electrons. The largest absolute Gasteiger partial charge is 0.325 e. The fourth-order valence-electron chi connectivity index (χ4n) is 2.26. The second-order valence-corrected chi connectivity index (χ2v) is 9.37. The van der Waals surface area contributed by atoms with E-state index >= 15 is 0 Å². The normalized spacial score (nSPS) is 23.9. The Bertz CT molecular complexity index is 348. The Hall–Kier alpha value is -0.0900.